The molecule has 0 aromatic heterocycles. The van der Waals surface area contributed by atoms with Gasteiger partial charge < -0.3 is 10.2 Å². The molecule has 0 aromatic rings. The van der Waals surface area contributed by atoms with Gasteiger partial charge in [0, 0.05) is 19.6 Å². The van der Waals surface area contributed by atoms with Gasteiger partial charge in [0.2, 0.25) is 0 Å². The Kier molecular flexibility index (Phi) is 3.68. The molecule has 15 heavy (non-hydrogen) atoms. The minimum Gasteiger partial charge on any atom is -0.316 e. The van der Waals surface area contributed by atoms with E-state index in [0.717, 1.165) is 5.92 Å². The summed E-state index contributed by atoms with van der Waals surface area (Å²) in [6.07, 6.45) is 5.55. The zero-order valence-electron chi connectivity index (χ0n) is 10.4. The average molecular weight is 210 g/mol. The van der Waals surface area contributed by atoms with Gasteiger partial charge >= 0.3 is 0 Å². The highest BCUT2D eigenvalue weighted by Gasteiger charge is 2.40. The third-order valence-corrected chi connectivity index (χ3v) is 4.53. The van der Waals surface area contributed by atoms with Gasteiger partial charge in [-0.15, -0.1) is 0 Å². The predicted molar refractivity (Wildman–Crippen MR) is 65.0 cm³/mol. The van der Waals surface area contributed by atoms with Crippen molar-refractivity contribution in [1.82, 2.24) is 10.2 Å². The highest BCUT2D eigenvalue weighted by Crippen LogP contribution is 2.37. The van der Waals surface area contributed by atoms with Gasteiger partial charge in [-0.1, -0.05) is 13.8 Å². The third-order valence-electron chi connectivity index (χ3n) is 4.53. The molecule has 0 spiro atoms. The summed E-state index contributed by atoms with van der Waals surface area (Å²) in [6, 6.07) is 0. The molecule has 0 aromatic carbocycles. The number of likely N-dealkylation sites (tertiary alicyclic amines) is 1. The van der Waals surface area contributed by atoms with Crippen LogP contribution in [0.5, 0.6) is 0 Å². The first-order valence-corrected chi connectivity index (χ1v) is 6.71. The monoisotopic (exact) mass is 210 g/mol. The van der Waals surface area contributed by atoms with Crippen LogP contribution in [0.2, 0.25) is 0 Å². The van der Waals surface area contributed by atoms with E-state index < -0.39 is 0 Å². The molecule has 0 radical (unpaired) electrons. The number of hydrogen-bond acceptors (Lipinski definition) is 2. The second-order valence-corrected chi connectivity index (χ2v) is 5.59. The lowest BCUT2D eigenvalue weighted by molar-refractivity contribution is -0.0179. The fourth-order valence-electron chi connectivity index (χ4n) is 3.17. The van der Waals surface area contributed by atoms with Crippen LogP contribution in [0, 0.1) is 11.3 Å². The van der Waals surface area contributed by atoms with Gasteiger partial charge in [0.15, 0.2) is 0 Å². The summed E-state index contributed by atoms with van der Waals surface area (Å²) in [7, 11) is 0. The van der Waals surface area contributed by atoms with Crippen LogP contribution in [0.3, 0.4) is 0 Å². The smallest absolute Gasteiger partial charge is 0.00504 e. The standard InChI is InChI=1S/C13H26N2/c1-3-13(4-2)10-15(11-13)9-12-6-5-7-14-8-12/h12,14H,3-11H2,1-2H3. The maximum absolute atomic E-state index is 3.51. The molecule has 88 valence electrons. The highest BCUT2D eigenvalue weighted by atomic mass is 15.2. The summed E-state index contributed by atoms with van der Waals surface area (Å²) in [5.74, 6) is 0.922. The van der Waals surface area contributed by atoms with Crippen LogP contribution < -0.4 is 5.32 Å². The molecular weight excluding hydrogens is 184 g/mol. The second kappa shape index (κ2) is 4.84. The fourth-order valence-corrected chi connectivity index (χ4v) is 3.17. The van der Waals surface area contributed by atoms with Crippen LogP contribution in [0.4, 0.5) is 0 Å². The van der Waals surface area contributed by atoms with E-state index in [2.05, 4.69) is 24.1 Å². The topological polar surface area (TPSA) is 15.3 Å². The Morgan fingerprint density at radius 2 is 2.00 bits per heavy atom. The van der Waals surface area contributed by atoms with Gasteiger partial charge in [-0.2, -0.15) is 0 Å². The van der Waals surface area contributed by atoms with Crippen molar-refractivity contribution in [1.29, 1.82) is 0 Å². The van der Waals surface area contributed by atoms with Crippen molar-refractivity contribution in [2.45, 2.75) is 39.5 Å². The summed E-state index contributed by atoms with van der Waals surface area (Å²) in [5, 5.41) is 3.51. The number of rotatable bonds is 4. The molecule has 1 unspecified atom stereocenters. The van der Waals surface area contributed by atoms with Crippen LogP contribution in [-0.4, -0.2) is 37.6 Å². The van der Waals surface area contributed by atoms with Gasteiger partial charge in [0.1, 0.15) is 0 Å². The number of hydrogen-bond donors (Lipinski definition) is 1. The molecule has 2 saturated heterocycles. The average Bonchev–Trinajstić information content (AvgIpc) is 2.24. The summed E-state index contributed by atoms with van der Waals surface area (Å²) >= 11 is 0. The lowest BCUT2D eigenvalue weighted by Crippen LogP contribution is -2.57. The van der Waals surface area contributed by atoms with Crippen LogP contribution in [0.15, 0.2) is 0 Å². The van der Waals surface area contributed by atoms with E-state index in [-0.39, 0.29) is 0 Å². The minimum atomic E-state index is 0.683. The Balaban J connectivity index is 1.70. The van der Waals surface area contributed by atoms with Crippen LogP contribution in [0.25, 0.3) is 0 Å². The first-order chi connectivity index (χ1) is 7.28. The zero-order valence-corrected chi connectivity index (χ0v) is 10.4. The Morgan fingerprint density at radius 1 is 1.27 bits per heavy atom. The fraction of sp³-hybridized carbons (Fsp3) is 1.00. The maximum Gasteiger partial charge on any atom is 0.00504 e. The van der Waals surface area contributed by atoms with Gasteiger partial charge in [-0.05, 0) is 50.1 Å². The minimum absolute atomic E-state index is 0.683. The van der Waals surface area contributed by atoms with E-state index in [9.17, 15) is 0 Å². The molecule has 2 nitrogen and oxygen atoms in total. The van der Waals surface area contributed by atoms with Gasteiger partial charge in [-0.3, -0.25) is 0 Å². The van der Waals surface area contributed by atoms with Crippen molar-refractivity contribution < 1.29 is 0 Å². The molecule has 0 amide bonds. The Hall–Kier alpha value is -0.0800. The van der Waals surface area contributed by atoms with Crippen molar-refractivity contribution in [2.75, 3.05) is 32.7 Å². The van der Waals surface area contributed by atoms with E-state index in [1.807, 2.05) is 0 Å². The lowest BCUT2D eigenvalue weighted by atomic mass is 9.74. The summed E-state index contributed by atoms with van der Waals surface area (Å²) < 4.78 is 0. The molecule has 1 N–H and O–H groups in total. The van der Waals surface area contributed by atoms with Crippen molar-refractivity contribution in [3.05, 3.63) is 0 Å². The lowest BCUT2D eigenvalue weighted by Gasteiger charge is -2.51. The van der Waals surface area contributed by atoms with Crippen molar-refractivity contribution in [2.24, 2.45) is 11.3 Å². The van der Waals surface area contributed by atoms with E-state index in [1.54, 1.807) is 0 Å². The molecule has 2 aliphatic heterocycles. The molecule has 2 fully saturated rings. The van der Waals surface area contributed by atoms with E-state index in [4.69, 9.17) is 0 Å². The normalized spacial score (nSPS) is 31.2. The van der Waals surface area contributed by atoms with Crippen LogP contribution in [0.1, 0.15) is 39.5 Å². The predicted octanol–water partition coefficient (Wildman–Crippen LogP) is 2.11. The molecule has 2 rings (SSSR count). The van der Waals surface area contributed by atoms with Crippen molar-refractivity contribution >= 4 is 0 Å². The summed E-state index contributed by atoms with van der Waals surface area (Å²) in [5.41, 5.74) is 0.683. The molecule has 2 heteroatoms. The Bertz CT molecular complexity index is 185. The van der Waals surface area contributed by atoms with E-state index in [0.29, 0.717) is 5.41 Å². The molecular formula is C13H26N2. The Morgan fingerprint density at radius 3 is 2.53 bits per heavy atom. The summed E-state index contributed by atoms with van der Waals surface area (Å²) in [4.78, 5) is 2.67. The first kappa shape index (κ1) is 11.4. The third kappa shape index (κ3) is 2.54. The quantitative estimate of drug-likeness (QED) is 0.764. The second-order valence-electron chi connectivity index (χ2n) is 5.59. The Labute approximate surface area is 94.4 Å². The van der Waals surface area contributed by atoms with Gasteiger partial charge in [0.05, 0.1) is 0 Å². The zero-order chi connectivity index (χ0) is 10.7. The van der Waals surface area contributed by atoms with Crippen molar-refractivity contribution in [3.63, 3.8) is 0 Å². The van der Waals surface area contributed by atoms with Crippen molar-refractivity contribution in [3.8, 4) is 0 Å². The van der Waals surface area contributed by atoms with E-state index >= 15 is 0 Å². The summed E-state index contributed by atoms with van der Waals surface area (Å²) in [6.45, 7) is 11.2. The molecule has 1 atom stereocenters. The maximum atomic E-state index is 3.51. The van der Waals surface area contributed by atoms with Gasteiger partial charge in [0.25, 0.3) is 0 Å². The van der Waals surface area contributed by atoms with E-state index in [1.165, 1.54) is 58.4 Å². The number of nitrogens with one attached hydrogen (secondary N) is 1. The molecule has 2 heterocycles. The van der Waals surface area contributed by atoms with Gasteiger partial charge in [-0.25, -0.2) is 0 Å². The SMILES string of the molecule is CCC1(CC)CN(CC2CCCNC2)C1. The van der Waals surface area contributed by atoms with Crippen LogP contribution >= 0.6 is 0 Å². The number of piperidine rings is 1. The largest absolute Gasteiger partial charge is 0.316 e. The molecule has 0 bridgehead atoms. The molecule has 2 aliphatic rings. The first-order valence-electron chi connectivity index (χ1n) is 6.71. The number of nitrogens with zero attached hydrogens (tertiary/aromatic N) is 1. The van der Waals surface area contributed by atoms with Crippen LogP contribution in [-0.2, 0) is 0 Å². The molecule has 0 aliphatic carbocycles. The molecule has 0 saturated carbocycles. The highest BCUT2D eigenvalue weighted by molar-refractivity contribution is 4.93.